The maximum atomic E-state index is 4.13. The summed E-state index contributed by atoms with van der Waals surface area (Å²) >= 11 is 4.13. The summed E-state index contributed by atoms with van der Waals surface area (Å²) in [6, 6.07) is 8.41. The predicted molar refractivity (Wildman–Crippen MR) is 78.4 cm³/mol. The van der Waals surface area contributed by atoms with E-state index in [0.29, 0.717) is 0 Å². The molecule has 0 radical (unpaired) electrons. The van der Waals surface area contributed by atoms with Crippen LogP contribution in [0.15, 0.2) is 24.3 Å². The molecule has 1 aromatic carbocycles. The SMILES string of the molecule is CC(C)(C)NCc1ccc(C#CCCS)cc1. The summed E-state index contributed by atoms with van der Waals surface area (Å²) in [4.78, 5) is 0. The molecular weight excluding hydrogens is 226 g/mol. The summed E-state index contributed by atoms with van der Waals surface area (Å²) in [7, 11) is 0. The first-order chi connectivity index (χ1) is 8.01. The minimum Gasteiger partial charge on any atom is -0.308 e. The Hall–Kier alpha value is -0.910. The highest BCUT2D eigenvalue weighted by atomic mass is 32.1. The molecule has 0 aromatic heterocycles. The van der Waals surface area contributed by atoms with Gasteiger partial charge in [0.05, 0.1) is 0 Å². The zero-order valence-electron chi connectivity index (χ0n) is 10.9. The summed E-state index contributed by atoms with van der Waals surface area (Å²) in [6.45, 7) is 7.41. The summed E-state index contributed by atoms with van der Waals surface area (Å²) in [5.41, 5.74) is 2.52. The van der Waals surface area contributed by atoms with Crippen LogP contribution in [0.2, 0.25) is 0 Å². The maximum absolute atomic E-state index is 4.13. The maximum Gasteiger partial charge on any atom is 0.0245 e. The Morgan fingerprint density at radius 3 is 2.35 bits per heavy atom. The van der Waals surface area contributed by atoms with Crippen molar-refractivity contribution in [1.29, 1.82) is 0 Å². The van der Waals surface area contributed by atoms with Crippen molar-refractivity contribution in [3.63, 3.8) is 0 Å². The summed E-state index contributed by atoms with van der Waals surface area (Å²) in [6.07, 6.45) is 0.844. The largest absolute Gasteiger partial charge is 0.308 e. The minimum atomic E-state index is 0.158. The molecule has 0 bridgehead atoms. The minimum absolute atomic E-state index is 0.158. The molecule has 0 amide bonds. The van der Waals surface area contributed by atoms with Gasteiger partial charge in [0.2, 0.25) is 0 Å². The highest BCUT2D eigenvalue weighted by Crippen LogP contribution is 2.06. The van der Waals surface area contributed by atoms with E-state index < -0.39 is 0 Å². The smallest absolute Gasteiger partial charge is 0.0245 e. The Labute approximate surface area is 110 Å². The Morgan fingerprint density at radius 2 is 1.82 bits per heavy atom. The van der Waals surface area contributed by atoms with Crippen LogP contribution in [0, 0.1) is 11.8 Å². The first-order valence-electron chi connectivity index (χ1n) is 5.95. The lowest BCUT2D eigenvalue weighted by Gasteiger charge is -2.20. The van der Waals surface area contributed by atoms with E-state index >= 15 is 0 Å². The third kappa shape index (κ3) is 6.41. The van der Waals surface area contributed by atoms with Gasteiger partial charge in [-0.15, -0.1) is 0 Å². The van der Waals surface area contributed by atoms with Crippen molar-refractivity contribution < 1.29 is 0 Å². The van der Waals surface area contributed by atoms with Crippen LogP contribution in [0.1, 0.15) is 38.3 Å². The zero-order valence-corrected chi connectivity index (χ0v) is 11.8. The van der Waals surface area contributed by atoms with Gasteiger partial charge in [-0.1, -0.05) is 24.0 Å². The average Bonchev–Trinajstić information content (AvgIpc) is 2.27. The van der Waals surface area contributed by atoms with Gasteiger partial charge in [0.1, 0.15) is 0 Å². The monoisotopic (exact) mass is 247 g/mol. The number of thiol groups is 1. The van der Waals surface area contributed by atoms with Crippen molar-refractivity contribution in [2.24, 2.45) is 0 Å². The van der Waals surface area contributed by atoms with E-state index in [1.807, 2.05) is 0 Å². The van der Waals surface area contributed by atoms with Crippen molar-refractivity contribution in [3.05, 3.63) is 35.4 Å². The molecule has 2 heteroatoms. The molecule has 0 saturated carbocycles. The van der Waals surface area contributed by atoms with Crippen LogP contribution in [-0.2, 0) is 6.54 Å². The number of rotatable bonds is 3. The first-order valence-corrected chi connectivity index (χ1v) is 6.58. The second kappa shape index (κ2) is 6.74. The van der Waals surface area contributed by atoms with E-state index in [4.69, 9.17) is 0 Å². The fraction of sp³-hybridized carbons (Fsp3) is 0.467. The Balaban J connectivity index is 2.54. The molecule has 0 heterocycles. The molecule has 0 aliphatic rings. The third-order valence-electron chi connectivity index (χ3n) is 2.25. The van der Waals surface area contributed by atoms with Gasteiger partial charge in [-0.05, 0) is 38.5 Å². The van der Waals surface area contributed by atoms with Gasteiger partial charge in [-0.25, -0.2) is 0 Å². The van der Waals surface area contributed by atoms with Crippen molar-refractivity contribution in [3.8, 4) is 11.8 Å². The van der Waals surface area contributed by atoms with Gasteiger partial charge in [0.15, 0.2) is 0 Å². The predicted octanol–water partition coefficient (Wildman–Crippen LogP) is 3.25. The molecule has 0 saturated heterocycles. The van der Waals surface area contributed by atoms with Crippen LogP contribution in [0.3, 0.4) is 0 Å². The van der Waals surface area contributed by atoms with Crippen molar-refractivity contribution >= 4 is 12.6 Å². The molecule has 0 aliphatic carbocycles. The molecule has 92 valence electrons. The third-order valence-corrected chi connectivity index (χ3v) is 2.47. The number of hydrogen-bond acceptors (Lipinski definition) is 2. The number of nitrogens with one attached hydrogen (secondary N) is 1. The van der Waals surface area contributed by atoms with E-state index in [9.17, 15) is 0 Å². The van der Waals surface area contributed by atoms with Crippen LogP contribution in [0.4, 0.5) is 0 Å². The van der Waals surface area contributed by atoms with Crippen LogP contribution >= 0.6 is 12.6 Å². The van der Waals surface area contributed by atoms with E-state index in [1.165, 1.54) is 5.56 Å². The molecule has 1 rings (SSSR count). The van der Waals surface area contributed by atoms with Crippen LogP contribution in [0.25, 0.3) is 0 Å². The fourth-order valence-corrected chi connectivity index (χ4v) is 1.41. The Morgan fingerprint density at radius 1 is 1.18 bits per heavy atom. The molecule has 1 aromatic rings. The van der Waals surface area contributed by atoms with Crippen LogP contribution in [-0.4, -0.2) is 11.3 Å². The second-order valence-corrected chi connectivity index (χ2v) is 5.52. The van der Waals surface area contributed by atoms with Gasteiger partial charge >= 0.3 is 0 Å². The lowest BCUT2D eigenvalue weighted by Crippen LogP contribution is -2.35. The highest BCUT2D eigenvalue weighted by molar-refractivity contribution is 7.80. The lowest BCUT2D eigenvalue weighted by molar-refractivity contribution is 0.424. The topological polar surface area (TPSA) is 12.0 Å². The summed E-state index contributed by atoms with van der Waals surface area (Å²) in [5, 5.41) is 3.46. The normalized spacial score (nSPS) is 10.8. The van der Waals surface area contributed by atoms with Crippen molar-refractivity contribution in [2.75, 3.05) is 5.75 Å². The first kappa shape index (κ1) is 14.2. The Bertz CT molecular complexity index is 390. The summed E-state index contributed by atoms with van der Waals surface area (Å²) < 4.78 is 0. The van der Waals surface area contributed by atoms with Crippen LogP contribution in [0.5, 0.6) is 0 Å². The van der Waals surface area contributed by atoms with Gasteiger partial charge in [0.25, 0.3) is 0 Å². The van der Waals surface area contributed by atoms with Crippen molar-refractivity contribution in [2.45, 2.75) is 39.3 Å². The fourth-order valence-electron chi connectivity index (χ4n) is 1.29. The summed E-state index contributed by atoms with van der Waals surface area (Å²) in [5.74, 6) is 7.03. The van der Waals surface area contributed by atoms with Gasteiger partial charge < -0.3 is 5.32 Å². The molecule has 0 atom stereocenters. The molecule has 17 heavy (non-hydrogen) atoms. The zero-order chi connectivity index (χ0) is 12.7. The van der Waals surface area contributed by atoms with Crippen molar-refractivity contribution in [1.82, 2.24) is 5.32 Å². The molecular formula is C15H21NS. The standard InChI is InChI=1S/C15H21NS/c1-15(2,3)16-12-14-9-7-13(8-10-14)6-4-5-11-17/h7-10,16-17H,5,11-12H2,1-3H3. The van der Waals surface area contributed by atoms with Gasteiger partial charge in [-0.3, -0.25) is 0 Å². The van der Waals surface area contributed by atoms with Gasteiger partial charge in [-0.2, -0.15) is 12.6 Å². The molecule has 1 nitrogen and oxygen atoms in total. The second-order valence-electron chi connectivity index (χ2n) is 5.08. The van der Waals surface area contributed by atoms with E-state index in [1.54, 1.807) is 0 Å². The Kier molecular flexibility index (Phi) is 5.61. The number of benzene rings is 1. The van der Waals surface area contributed by atoms with Gasteiger partial charge in [0, 0.05) is 29.8 Å². The molecule has 1 N–H and O–H groups in total. The average molecular weight is 247 g/mol. The highest BCUT2D eigenvalue weighted by Gasteiger charge is 2.07. The molecule has 0 unspecified atom stereocenters. The van der Waals surface area contributed by atoms with E-state index in [0.717, 1.165) is 24.3 Å². The lowest BCUT2D eigenvalue weighted by atomic mass is 10.1. The molecule has 0 spiro atoms. The number of hydrogen-bond donors (Lipinski definition) is 2. The van der Waals surface area contributed by atoms with E-state index in [-0.39, 0.29) is 5.54 Å². The van der Waals surface area contributed by atoms with Crippen LogP contribution < -0.4 is 5.32 Å². The molecule has 0 fully saturated rings. The van der Waals surface area contributed by atoms with E-state index in [2.05, 4.69) is 74.8 Å². The quantitative estimate of drug-likeness (QED) is 0.617. The molecule has 0 aliphatic heterocycles.